The van der Waals surface area contributed by atoms with Crippen molar-refractivity contribution in [1.82, 2.24) is 19.7 Å². The zero-order valence-corrected chi connectivity index (χ0v) is 9.76. The molecule has 1 aromatic heterocycles. The average molecular weight is 265 g/mol. The van der Waals surface area contributed by atoms with E-state index in [1.165, 1.54) is 19.0 Å². The summed E-state index contributed by atoms with van der Waals surface area (Å²) >= 11 is 0. The Kier molecular flexibility index (Phi) is 3.58. The molecule has 0 saturated carbocycles. The lowest BCUT2D eigenvalue weighted by atomic mass is 10.4. The van der Waals surface area contributed by atoms with Crippen molar-refractivity contribution in [3.8, 4) is 0 Å². The molecule has 1 rings (SSSR count). The van der Waals surface area contributed by atoms with Gasteiger partial charge in [-0.05, 0) is 0 Å². The molecular formula is C8H10F3N5O2. The molecule has 0 fully saturated rings. The van der Waals surface area contributed by atoms with Crippen LogP contribution in [0.1, 0.15) is 11.6 Å². The van der Waals surface area contributed by atoms with Gasteiger partial charge in [0.25, 0.3) is 0 Å². The lowest BCUT2D eigenvalue weighted by Gasteiger charge is -2.07. The van der Waals surface area contributed by atoms with E-state index in [1.807, 2.05) is 0 Å². The second-order valence-electron chi connectivity index (χ2n) is 3.64. The van der Waals surface area contributed by atoms with E-state index in [0.717, 1.165) is 13.2 Å². The predicted octanol–water partition coefficient (Wildman–Crippen LogP) is 0.971. The third kappa shape index (κ3) is 2.76. The van der Waals surface area contributed by atoms with Gasteiger partial charge in [-0.2, -0.15) is 13.2 Å². The first-order valence-electron chi connectivity index (χ1n) is 4.64. The monoisotopic (exact) mass is 265 g/mol. The number of nitrogens with zero attached hydrogens (tertiary/aromatic N) is 5. The number of alkyl halides is 3. The van der Waals surface area contributed by atoms with Gasteiger partial charge in [0.2, 0.25) is 11.6 Å². The summed E-state index contributed by atoms with van der Waals surface area (Å²) in [5.74, 6) is -1.75. The highest BCUT2D eigenvalue weighted by atomic mass is 19.4. The topological polar surface area (TPSA) is 77.1 Å². The van der Waals surface area contributed by atoms with Crippen LogP contribution in [0.3, 0.4) is 0 Å². The van der Waals surface area contributed by atoms with E-state index in [4.69, 9.17) is 0 Å². The minimum atomic E-state index is -4.71. The summed E-state index contributed by atoms with van der Waals surface area (Å²) < 4.78 is 37.9. The third-order valence-corrected chi connectivity index (χ3v) is 1.93. The molecule has 0 aromatic carbocycles. The molecule has 0 N–H and O–H groups in total. The second kappa shape index (κ2) is 4.63. The fourth-order valence-electron chi connectivity index (χ4n) is 1.23. The third-order valence-electron chi connectivity index (χ3n) is 1.93. The lowest BCUT2D eigenvalue weighted by Crippen LogP contribution is -2.15. The van der Waals surface area contributed by atoms with Crippen molar-refractivity contribution in [1.29, 1.82) is 0 Å². The van der Waals surface area contributed by atoms with Gasteiger partial charge in [-0.3, -0.25) is 10.1 Å². The zero-order chi connectivity index (χ0) is 14.1. The van der Waals surface area contributed by atoms with Crippen molar-refractivity contribution in [3.05, 3.63) is 28.0 Å². The van der Waals surface area contributed by atoms with E-state index in [1.54, 1.807) is 0 Å². The van der Waals surface area contributed by atoms with Gasteiger partial charge in [-0.25, -0.2) is 0 Å². The van der Waals surface area contributed by atoms with Crippen molar-refractivity contribution in [2.45, 2.75) is 6.18 Å². The molecule has 0 atom stereocenters. The first kappa shape index (κ1) is 13.9. The van der Waals surface area contributed by atoms with Crippen molar-refractivity contribution < 1.29 is 18.1 Å². The van der Waals surface area contributed by atoms with E-state index in [-0.39, 0.29) is 0 Å². The minimum Gasteiger partial charge on any atom is -0.378 e. The Morgan fingerprint density at radius 3 is 2.33 bits per heavy atom. The van der Waals surface area contributed by atoms with Gasteiger partial charge in [0.05, 0.1) is 11.1 Å². The smallest absolute Gasteiger partial charge is 0.378 e. The normalized spacial score (nSPS) is 12.7. The SMILES string of the molecule is CN(C)C=C(c1nnc(C(F)(F)F)n1C)[N+](=O)[O-]. The quantitative estimate of drug-likeness (QED) is 0.601. The van der Waals surface area contributed by atoms with Crippen LogP contribution in [0.25, 0.3) is 5.70 Å². The molecule has 0 aliphatic carbocycles. The Morgan fingerprint density at radius 2 is 2.00 bits per heavy atom. The standard InChI is InChI=1S/C8H10F3N5O2/c1-14(2)4-5(16(17)18)6-12-13-7(15(6)3)8(9,10)11/h4H,1-3H3. The van der Waals surface area contributed by atoms with Gasteiger partial charge in [-0.15, -0.1) is 10.2 Å². The average Bonchev–Trinajstić information content (AvgIpc) is 2.55. The summed E-state index contributed by atoms with van der Waals surface area (Å²) in [7, 11) is 4.03. The summed E-state index contributed by atoms with van der Waals surface area (Å²) in [6.07, 6.45) is -3.65. The van der Waals surface area contributed by atoms with Gasteiger partial charge in [0, 0.05) is 21.1 Å². The first-order valence-corrected chi connectivity index (χ1v) is 4.64. The molecule has 1 heterocycles. The van der Waals surface area contributed by atoms with Crippen LogP contribution in [-0.2, 0) is 13.2 Å². The van der Waals surface area contributed by atoms with Gasteiger partial charge in [0.15, 0.2) is 0 Å². The first-order chi connectivity index (χ1) is 8.14. The van der Waals surface area contributed by atoms with E-state index < -0.39 is 28.4 Å². The molecule has 0 spiro atoms. The molecule has 0 amide bonds. The second-order valence-corrected chi connectivity index (χ2v) is 3.64. The molecule has 0 aliphatic heterocycles. The molecule has 1 aromatic rings. The van der Waals surface area contributed by atoms with Crippen LogP contribution in [-0.4, -0.2) is 38.7 Å². The van der Waals surface area contributed by atoms with E-state index in [0.29, 0.717) is 4.57 Å². The molecular weight excluding hydrogens is 255 g/mol. The van der Waals surface area contributed by atoms with Crippen molar-refractivity contribution in [2.24, 2.45) is 7.05 Å². The molecule has 100 valence electrons. The highest BCUT2D eigenvalue weighted by Crippen LogP contribution is 2.28. The van der Waals surface area contributed by atoms with Gasteiger partial charge in [0.1, 0.15) is 0 Å². The van der Waals surface area contributed by atoms with Crippen molar-refractivity contribution in [3.63, 3.8) is 0 Å². The highest BCUT2D eigenvalue weighted by molar-refractivity contribution is 5.51. The van der Waals surface area contributed by atoms with E-state index >= 15 is 0 Å². The molecule has 7 nitrogen and oxygen atoms in total. The summed E-state index contributed by atoms with van der Waals surface area (Å²) in [6, 6.07) is 0. The van der Waals surface area contributed by atoms with Gasteiger partial charge in [-0.1, -0.05) is 0 Å². The van der Waals surface area contributed by atoms with Crippen LogP contribution >= 0.6 is 0 Å². The number of aromatic nitrogens is 3. The number of nitro groups is 1. The Balaban J connectivity index is 3.33. The van der Waals surface area contributed by atoms with Gasteiger partial charge >= 0.3 is 11.9 Å². The largest absolute Gasteiger partial charge is 0.451 e. The summed E-state index contributed by atoms with van der Waals surface area (Å²) in [5, 5.41) is 16.9. The number of hydrogen-bond donors (Lipinski definition) is 0. The van der Waals surface area contributed by atoms with Gasteiger partial charge < -0.3 is 9.47 Å². The molecule has 0 unspecified atom stereocenters. The molecule has 0 aliphatic rings. The number of rotatable bonds is 3. The van der Waals surface area contributed by atoms with Crippen LogP contribution < -0.4 is 0 Å². The molecule has 0 saturated heterocycles. The molecule has 0 bridgehead atoms. The highest BCUT2D eigenvalue weighted by Gasteiger charge is 2.39. The van der Waals surface area contributed by atoms with Crippen LogP contribution in [0, 0.1) is 10.1 Å². The summed E-state index contributed by atoms with van der Waals surface area (Å²) in [4.78, 5) is 11.3. The maximum atomic E-state index is 12.5. The van der Waals surface area contributed by atoms with E-state index in [2.05, 4.69) is 10.2 Å². The molecule has 0 radical (unpaired) electrons. The van der Waals surface area contributed by atoms with Crippen LogP contribution in [0.15, 0.2) is 6.20 Å². The summed E-state index contributed by atoms with van der Waals surface area (Å²) in [5.41, 5.74) is -0.564. The molecule has 10 heteroatoms. The molecule has 18 heavy (non-hydrogen) atoms. The fourth-order valence-corrected chi connectivity index (χ4v) is 1.23. The Bertz CT molecular complexity index is 491. The Hall–Kier alpha value is -2.13. The lowest BCUT2D eigenvalue weighted by molar-refractivity contribution is -0.377. The zero-order valence-electron chi connectivity index (χ0n) is 9.76. The van der Waals surface area contributed by atoms with E-state index in [9.17, 15) is 23.3 Å². The Labute approximate surface area is 99.7 Å². The summed E-state index contributed by atoms with van der Waals surface area (Å²) in [6.45, 7) is 0. The Morgan fingerprint density at radius 1 is 1.44 bits per heavy atom. The predicted molar refractivity (Wildman–Crippen MR) is 54.7 cm³/mol. The maximum absolute atomic E-state index is 12.5. The number of hydrogen-bond acceptors (Lipinski definition) is 5. The maximum Gasteiger partial charge on any atom is 0.451 e. The van der Waals surface area contributed by atoms with Crippen LogP contribution in [0.5, 0.6) is 0 Å². The van der Waals surface area contributed by atoms with Crippen LogP contribution in [0.2, 0.25) is 0 Å². The van der Waals surface area contributed by atoms with Crippen molar-refractivity contribution in [2.75, 3.05) is 14.1 Å². The fraction of sp³-hybridized carbons (Fsp3) is 0.500. The minimum absolute atomic E-state index is 0.457. The van der Waals surface area contributed by atoms with Crippen molar-refractivity contribution >= 4 is 5.70 Å². The number of halogens is 3. The van der Waals surface area contributed by atoms with Crippen LogP contribution in [0.4, 0.5) is 13.2 Å².